The highest BCUT2D eigenvalue weighted by molar-refractivity contribution is 5.91. The van der Waals surface area contributed by atoms with Gasteiger partial charge in [0.05, 0.1) is 13.0 Å². The van der Waals surface area contributed by atoms with Crippen LogP contribution >= 0.6 is 0 Å². The Labute approximate surface area is 157 Å². The van der Waals surface area contributed by atoms with Crippen LogP contribution in [-0.2, 0) is 14.3 Å². The lowest BCUT2D eigenvalue weighted by atomic mass is 9.45. The van der Waals surface area contributed by atoms with Crippen LogP contribution < -0.4 is 0 Å². The third-order valence-electron chi connectivity index (χ3n) is 10.6. The Morgan fingerprint density at radius 2 is 1.88 bits per heavy atom. The second-order valence-electron chi connectivity index (χ2n) is 10.9. The summed E-state index contributed by atoms with van der Waals surface area (Å²) in [6.07, 6.45) is 9.40. The summed E-state index contributed by atoms with van der Waals surface area (Å²) in [6.45, 7) is 6.96. The first-order valence-electron chi connectivity index (χ1n) is 10.9. The molecular formula is C23H34O3. The maximum absolute atomic E-state index is 13.3. The van der Waals surface area contributed by atoms with Gasteiger partial charge in [0.1, 0.15) is 5.78 Å². The quantitative estimate of drug-likeness (QED) is 0.676. The van der Waals surface area contributed by atoms with Crippen LogP contribution in [0.3, 0.4) is 0 Å². The van der Waals surface area contributed by atoms with Gasteiger partial charge in [-0.15, -0.1) is 0 Å². The molecule has 0 amide bonds. The highest BCUT2D eigenvalue weighted by Crippen LogP contribution is 2.80. The number of fused-ring (bicyclic) bond motifs is 4. The van der Waals surface area contributed by atoms with Crippen molar-refractivity contribution in [2.24, 2.45) is 51.8 Å². The number of carbonyl (C=O) groups excluding carboxylic acids is 2. The predicted octanol–water partition coefficient (Wildman–Crippen LogP) is 4.63. The van der Waals surface area contributed by atoms with E-state index in [2.05, 4.69) is 20.8 Å². The molecule has 0 aromatic carbocycles. The van der Waals surface area contributed by atoms with Crippen LogP contribution in [0.25, 0.3) is 0 Å². The van der Waals surface area contributed by atoms with Crippen LogP contribution in [0.15, 0.2) is 0 Å². The third kappa shape index (κ3) is 1.77. The highest BCUT2D eigenvalue weighted by Gasteiger charge is 2.77. The topological polar surface area (TPSA) is 43.4 Å². The van der Waals surface area contributed by atoms with E-state index >= 15 is 0 Å². The normalized spacial score (nSPS) is 55.4. The van der Waals surface area contributed by atoms with Crippen molar-refractivity contribution in [1.82, 2.24) is 0 Å². The van der Waals surface area contributed by atoms with E-state index in [1.54, 1.807) is 0 Å². The second kappa shape index (κ2) is 5.14. The standard InChI is InChI=1S/C23H34O3/c1-13(20(25)26-4)16-5-6-17-15-11-19(24)23-12-14(23)7-10-22(23,3)18(15)8-9-21(16,17)2/h13-18H,5-12H2,1-4H3/t13-,14+,15-,16+,17-,18-,21+,22+,23-/m0/s1. The molecule has 0 aromatic rings. The summed E-state index contributed by atoms with van der Waals surface area (Å²) in [7, 11) is 1.51. The smallest absolute Gasteiger partial charge is 0.308 e. The van der Waals surface area contributed by atoms with Crippen LogP contribution in [0, 0.1) is 51.8 Å². The number of methoxy groups -OCH3 is 1. The van der Waals surface area contributed by atoms with Crippen LogP contribution in [-0.4, -0.2) is 18.9 Å². The first-order valence-corrected chi connectivity index (χ1v) is 10.9. The highest BCUT2D eigenvalue weighted by atomic mass is 16.5. The maximum atomic E-state index is 13.3. The summed E-state index contributed by atoms with van der Waals surface area (Å²) in [6, 6.07) is 0. The van der Waals surface area contributed by atoms with Crippen LogP contribution in [0.1, 0.15) is 72.1 Å². The van der Waals surface area contributed by atoms with E-state index in [4.69, 9.17) is 4.74 Å². The molecule has 3 nitrogen and oxygen atoms in total. The lowest BCUT2D eigenvalue weighted by molar-refractivity contribution is -0.157. The molecular weight excluding hydrogens is 324 g/mol. The molecule has 3 heteroatoms. The molecule has 0 aromatic heterocycles. The summed E-state index contributed by atoms with van der Waals surface area (Å²) in [5, 5.41) is 0. The van der Waals surface area contributed by atoms with Gasteiger partial charge in [0.15, 0.2) is 0 Å². The average Bonchev–Trinajstić information content (AvgIpc) is 3.15. The van der Waals surface area contributed by atoms with Crippen molar-refractivity contribution in [2.75, 3.05) is 7.11 Å². The summed E-state index contributed by atoms with van der Waals surface area (Å²) >= 11 is 0. The molecule has 0 bridgehead atoms. The van der Waals surface area contributed by atoms with E-state index in [0.29, 0.717) is 29.5 Å². The molecule has 0 radical (unpaired) electrons. The van der Waals surface area contributed by atoms with Crippen molar-refractivity contribution in [1.29, 1.82) is 0 Å². The molecule has 5 aliphatic rings. The Morgan fingerprint density at radius 3 is 2.58 bits per heavy atom. The lowest BCUT2D eigenvalue weighted by Gasteiger charge is -2.58. The molecule has 5 rings (SSSR count). The average molecular weight is 359 g/mol. The number of Topliss-reactive ketones (excluding diaryl/α,β-unsaturated/α-hetero) is 1. The van der Waals surface area contributed by atoms with Gasteiger partial charge < -0.3 is 4.74 Å². The summed E-state index contributed by atoms with van der Waals surface area (Å²) < 4.78 is 5.07. The Hall–Kier alpha value is -0.860. The molecule has 0 unspecified atom stereocenters. The number of ether oxygens (including phenoxy) is 1. The van der Waals surface area contributed by atoms with Crippen LogP contribution in [0.5, 0.6) is 0 Å². The third-order valence-corrected chi connectivity index (χ3v) is 10.6. The fraction of sp³-hybridized carbons (Fsp3) is 0.913. The van der Waals surface area contributed by atoms with Crippen molar-refractivity contribution in [3.63, 3.8) is 0 Å². The minimum absolute atomic E-state index is 0.0212. The number of carbonyl (C=O) groups is 2. The van der Waals surface area contributed by atoms with Gasteiger partial charge in [0.25, 0.3) is 0 Å². The number of hydrogen-bond donors (Lipinski definition) is 0. The zero-order valence-corrected chi connectivity index (χ0v) is 16.8. The fourth-order valence-corrected chi connectivity index (χ4v) is 9.22. The van der Waals surface area contributed by atoms with Gasteiger partial charge in [-0.25, -0.2) is 0 Å². The van der Waals surface area contributed by atoms with Crippen molar-refractivity contribution < 1.29 is 14.3 Å². The van der Waals surface area contributed by atoms with Gasteiger partial charge in [-0.1, -0.05) is 20.8 Å². The molecule has 144 valence electrons. The van der Waals surface area contributed by atoms with Gasteiger partial charge >= 0.3 is 5.97 Å². The van der Waals surface area contributed by atoms with Gasteiger partial charge in [0, 0.05) is 11.8 Å². The van der Waals surface area contributed by atoms with E-state index < -0.39 is 0 Å². The summed E-state index contributed by atoms with van der Waals surface area (Å²) in [4.78, 5) is 25.5. The van der Waals surface area contributed by atoms with Gasteiger partial charge in [-0.05, 0) is 85.4 Å². The van der Waals surface area contributed by atoms with Gasteiger partial charge in [0.2, 0.25) is 0 Å². The molecule has 5 saturated carbocycles. The fourth-order valence-electron chi connectivity index (χ4n) is 9.22. The van der Waals surface area contributed by atoms with Crippen LogP contribution in [0.4, 0.5) is 0 Å². The molecule has 5 fully saturated rings. The van der Waals surface area contributed by atoms with Crippen molar-refractivity contribution in [3.8, 4) is 0 Å². The summed E-state index contributed by atoms with van der Waals surface area (Å²) in [5.74, 6) is 3.57. The van der Waals surface area contributed by atoms with Crippen molar-refractivity contribution in [2.45, 2.75) is 72.1 Å². The minimum Gasteiger partial charge on any atom is -0.469 e. The number of ketones is 1. The molecule has 5 aliphatic carbocycles. The minimum atomic E-state index is -0.0544. The molecule has 0 heterocycles. The molecule has 0 aliphatic heterocycles. The Balaban J connectivity index is 1.47. The SMILES string of the molecule is COC(=O)[C@@H](C)[C@H]1CC[C@H]2[C@@H]3CC(=O)[C@]45C[C@H]4CC[C@]5(C)[C@H]3CC[C@]12C. The maximum Gasteiger partial charge on any atom is 0.308 e. The monoisotopic (exact) mass is 358 g/mol. The van der Waals surface area contributed by atoms with Gasteiger partial charge in [-0.2, -0.15) is 0 Å². The van der Waals surface area contributed by atoms with E-state index in [1.807, 2.05) is 0 Å². The number of rotatable bonds is 2. The lowest BCUT2D eigenvalue weighted by Crippen LogP contribution is -2.55. The van der Waals surface area contributed by atoms with E-state index in [-0.39, 0.29) is 28.1 Å². The largest absolute Gasteiger partial charge is 0.469 e. The molecule has 26 heavy (non-hydrogen) atoms. The van der Waals surface area contributed by atoms with Gasteiger partial charge in [-0.3, -0.25) is 9.59 Å². The first kappa shape index (κ1) is 17.3. The molecule has 0 N–H and O–H groups in total. The Morgan fingerprint density at radius 1 is 1.12 bits per heavy atom. The molecule has 9 atom stereocenters. The first-order chi connectivity index (χ1) is 12.3. The zero-order valence-electron chi connectivity index (χ0n) is 16.8. The van der Waals surface area contributed by atoms with Crippen molar-refractivity contribution in [3.05, 3.63) is 0 Å². The Kier molecular flexibility index (Phi) is 3.41. The van der Waals surface area contributed by atoms with Crippen molar-refractivity contribution >= 4 is 11.8 Å². The molecule has 0 saturated heterocycles. The van der Waals surface area contributed by atoms with E-state index in [1.165, 1.54) is 45.6 Å². The molecule has 1 spiro atoms. The second-order valence-corrected chi connectivity index (χ2v) is 10.9. The summed E-state index contributed by atoms with van der Waals surface area (Å²) in [5.41, 5.74) is 0.557. The predicted molar refractivity (Wildman–Crippen MR) is 99.2 cm³/mol. The number of hydrogen-bond acceptors (Lipinski definition) is 3. The Bertz CT molecular complexity index is 670. The zero-order chi connectivity index (χ0) is 18.5. The van der Waals surface area contributed by atoms with E-state index in [0.717, 1.165) is 18.8 Å². The number of esters is 1. The van der Waals surface area contributed by atoms with Crippen LogP contribution in [0.2, 0.25) is 0 Å². The van der Waals surface area contributed by atoms with E-state index in [9.17, 15) is 9.59 Å².